The van der Waals surface area contributed by atoms with E-state index < -0.39 is 16.0 Å². The maximum absolute atomic E-state index is 12.9. The molecule has 0 bridgehead atoms. The molecule has 0 aromatic heterocycles. The summed E-state index contributed by atoms with van der Waals surface area (Å²) in [5.74, 6) is -0.621. The van der Waals surface area contributed by atoms with Gasteiger partial charge >= 0.3 is 5.97 Å². The van der Waals surface area contributed by atoms with Gasteiger partial charge in [-0.05, 0) is 23.8 Å². The van der Waals surface area contributed by atoms with Gasteiger partial charge in [0.1, 0.15) is 11.4 Å². The molecule has 0 radical (unpaired) electrons. The fourth-order valence-corrected chi connectivity index (χ4v) is 4.03. The molecule has 2 aromatic carbocycles. The summed E-state index contributed by atoms with van der Waals surface area (Å²) < 4.78 is 31.4. The van der Waals surface area contributed by atoms with Crippen molar-refractivity contribution in [2.75, 3.05) is 13.7 Å². The fourth-order valence-electron chi connectivity index (χ4n) is 2.19. The second-order valence-electron chi connectivity index (χ2n) is 5.05. The van der Waals surface area contributed by atoms with Gasteiger partial charge in [-0.1, -0.05) is 41.9 Å². The molecule has 0 spiro atoms. The van der Waals surface area contributed by atoms with Gasteiger partial charge in [0.25, 0.3) is 0 Å². The van der Waals surface area contributed by atoms with E-state index in [4.69, 9.17) is 16.9 Å². The first-order valence-electron chi connectivity index (χ1n) is 7.19. The van der Waals surface area contributed by atoms with Crippen LogP contribution in [-0.2, 0) is 21.3 Å². The van der Waals surface area contributed by atoms with E-state index in [1.54, 1.807) is 24.3 Å². The molecule has 0 heterocycles. The van der Waals surface area contributed by atoms with Crippen LogP contribution in [0.5, 0.6) is 0 Å². The molecule has 25 heavy (non-hydrogen) atoms. The maximum atomic E-state index is 12.9. The van der Waals surface area contributed by atoms with Crippen molar-refractivity contribution in [3.05, 3.63) is 64.7 Å². The Hall–Kier alpha value is -2.40. The van der Waals surface area contributed by atoms with E-state index in [2.05, 4.69) is 4.74 Å². The van der Waals surface area contributed by atoms with Gasteiger partial charge in [-0.15, -0.1) is 0 Å². The Balaban J connectivity index is 2.40. The third-order valence-corrected chi connectivity index (χ3v) is 5.69. The van der Waals surface area contributed by atoms with Crippen LogP contribution in [0.15, 0.2) is 53.4 Å². The van der Waals surface area contributed by atoms with Crippen LogP contribution >= 0.6 is 11.6 Å². The van der Waals surface area contributed by atoms with E-state index in [1.165, 1.54) is 25.3 Å². The average Bonchev–Trinajstić information content (AvgIpc) is 2.61. The first kappa shape index (κ1) is 18.9. The third-order valence-electron chi connectivity index (χ3n) is 3.42. The molecule has 2 rings (SSSR count). The molecule has 6 nitrogen and oxygen atoms in total. The van der Waals surface area contributed by atoms with Crippen LogP contribution in [0.3, 0.4) is 0 Å². The number of esters is 1. The smallest absolute Gasteiger partial charge is 0.337 e. The monoisotopic (exact) mass is 378 g/mol. The van der Waals surface area contributed by atoms with Crippen molar-refractivity contribution in [3.63, 3.8) is 0 Å². The van der Waals surface area contributed by atoms with Crippen molar-refractivity contribution in [1.29, 1.82) is 5.26 Å². The van der Waals surface area contributed by atoms with Crippen molar-refractivity contribution in [2.24, 2.45) is 0 Å². The van der Waals surface area contributed by atoms with E-state index in [1.807, 2.05) is 12.1 Å². The van der Waals surface area contributed by atoms with Crippen molar-refractivity contribution in [1.82, 2.24) is 4.31 Å². The van der Waals surface area contributed by atoms with Crippen LogP contribution in [0.1, 0.15) is 15.9 Å². The summed E-state index contributed by atoms with van der Waals surface area (Å²) in [7, 11) is -2.80. The Bertz CT molecular complexity index is 908. The SMILES string of the molecule is COC(=O)c1ccc(S(=O)(=O)N(CC#N)Cc2ccccc2)c(Cl)c1. The molecule has 0 N–H and O–H groups in total. The summed E-state index contributed by atoms with van der Waals surface area (Å²) in [5.41, 5.74) is 0.880. The number of hydrogen-bond donors (Lipinski definition) is 0. The molecule has 0 amide bonds. The summed E-state index contributed by atoms with van der Waals surface area (Å²) in [6.07, 6.45) is 0. The maximum Gasteiger partial charge on any atom is 0.337 e. The highest BCUT2D eigenvalue weighted by Gasteiger charge is 2.27. The topological polar surface area (TPSA) is 87.5 Å². The number of carbonyl (C=O) groups excluding carboxylic acids is 1. The Morgan fingerprint density at radius 1 is 1.24 bits per heavy atom. The number of sulfonamides is 1. The van der Waals surface area contributed by atoms with Gasteiger partial charge < -0.3 is 4.74 Å². The molecule has 0 unspecified atom stereocenters. The predicted octanol–water partition coefficient (Wildman–Crippen LogP) is 2.84. The van der Waals surface area contributed by atoms with Gasteiger partial charge in [0.05, 0.1) is 23.8 Å². The van der Waals surface area contributed by atoms with Gasteiger partial charge in [0, 0.05) is 6.54 Å². The van der Waals surface area contributed by atoms with Crippen LogP contribution in [0.4, 0.5) is 0 Å². The molecule has 8 heteroatoms. The number of ether oxygens (including phenoxy) is 1. The summed E-state index contributed by atoms with van der Waals surface area (Å²) in [6, 6.07) is 14.5. The number of hydrogen-bond acceptors (Lipinski definition) is 5. The summed E-state index contributed by atoms with van der Waals surface area (Å²) in [4.78, 5) is 11.3. The van der Waals surface area contributed by atoms with Crippen molar-refractivity contribution in [3.8, 4) is 6.07 Å². The number of nitrogens with zero attached hydrogens (tertiary/aromatic N) is 2. The molecule has 0 fully saturated rings. The molecule has 0 aliphatic heterocycles. The van der Waals surface area contributed by atoms with Gasteiger partial charge in [-0.2, -0.15) is 9.57 Å². The molecule has 0 atom stereocenters. The van der Waals surface area contributed by atoms with Gasteiger partial charge in [0.2, 0.25) is 10.0 Å². The highest BCUT2D eigenvalue weighted by molar-refractivity contribution is 7.89. The minimum atomic E-state index is -4.01. The first-order chi connectivity index (χ1) is 11.9. The Morgan fingerprint density at radius 2 is 1.92 bits per heavy atom. The Labute approximate surface area is 151 Å². The molecular formula is C17H15ClN2O4S. The zero-order valence-electron chi connectivity index (χ0n) is 13.3. The van der Waals surface area contributed by atoms with Crippen molar-refractivity contribution < 1.29 is 17.9 Å². The number of nitriles is 1. The number of benzene rings is 2. The van der Waals surface area contributed by atoms with Gasteiger partial charge in [-0.3, -0.25) is 0 Å². The lowest BCUT2D eigenvalue weighted by atomic mass is 10.2. The van der Waals surface area contributed by atoms with Crippen LogP contribution in [-0.4, -0.2) is 32.3 Å². The lowest BCUT2D eigenvalue weighted by Gasteiger charge is -2.20. The number of methoxy groups -OCH3 is 1. The second-order valence-corrected chi connectivity index (χ2v) is 7.37. The van der Waals surface area contributed by atoms with E-state index in [0.29, 0.717) is 0 Å². The standard InChI is InChI=1S/C17H15ClN2O4S/c1-24-17(21)14-7-8-16(15(18)11-14)25(22,23)20(10-9-19)12-13-5-3-2-4-6-13/h2-8,11H,10,12H2,1H3. The zero-order chi connectivity index (χ0) is 18.4. The molecule has 130 valence electrons. The van der Waals surface area contributed by atoms with Crippen LogP contribution < -0.4 is 0 Å². The molecule has 0 saturated carbocycles. The number of carbonyl (C=O) groups is 1. The Kier molecular flexibility index (Phi) is 6.15. The van der Waals surface area contributed by atoms with Crippen molar-refractivity contribution in [2.45, 2.75) is 11.4 Å². The molecule has 2 aromatic rings. The summed E-state index contributed by atoms with van der Waals surface area (Å²) in [6.45, 7) is -0.294. The first-order valence-corrected chi connectivity index (χ1v) is 9.01. The molecular weight excluding hydrogens is 364 g/mol. The third kappa shape index (κ3) is 4.37. The van der Waals surface area contributed by atoms with Gasteiger partial charge in [-0.25, -0.2) is 13.2 Å². The predicted molar refractivity (Wildman–Crippen MR) is 92.4 cm³/mol. The molecule has 0 saturated heterocycles. The average molecular weight is 379 g/mol. The largest absolute Gasteiger partial charge is 0.465 e. The number of rotatable bonds is 6. The highest BCUT2D eigenvalue weighted by Crippen LogP contribution is 2.27. The summed E-state index contributed by atoms with van der Waals surface area (Å²) >= 11 is 6.07. The quantitative estimate of drug-likeness (QED) is 0.569. The minimum absolute atomic E-state index is 0.0335. The minimum Gasteiger partial charge on any atom is -0.465 e. The fraction of sp³-hybridized carbons (Fsp3) is 0.176. The normalized spacial score (nSPS) is 11.1. The van der Waals surface area contributed by atoms with Crippen LogP contribution in [0.25, 0.3) is 0 Å². The summed E-state index contributed by atoms with van der Waals surface area (Å²) in [5, 5.41) is 8.88. The Morgan fingerprint density at radius 3 is 2.48 bits per heavy atom. The van der Waals surface area contributed by atoms with Crippen LogP contribution in [0.2, 0.25) is 5.02 Å². The van der Waals surface area contributed by atoms with Crippen molar-refractivity contribution >= 4 is 27.6 Å². The lowest BCUT2D eigenvalue weighted by molar-refractivity contribution is 0.0600. The van der Waals surface area contributed by atoms with E-state index in [0.717, 1.165) is 9.87 Å². The van der Waals surface area contributed by atoms with E-state index >= 15 is 0 Å². The lowest BCUT2D eigenvalue weighted by Crippen LogP contribution is -2.31. The number of halogens is 1. The highest BCUT2D eigenvalue weighted by atomic mass is 35.5. The van der Waals surface area contributed by atoms with Gasteiger partial charge in [0.15, 0.2) is 0 Å². The second kappa shape index (κ2) is 8.12. The van der Waals surface area contributed by atoms with E-state index in [9.17, 15) is 13.2 Å². The van der Waals surface area contributed by atoms with Crippen LogP contribution in [0, 0.1) is 11.3 Å². The van der Waals surface area contributed by atoms with E-state index in [-0.39, 0.29) is 28.6 Å². The molecule has 0 aliphatic carbocycles. The zero-order valence-corrected chi connectivity index (χ0v) is 14.9. The molecule has 0 aliphatic rings.